The number of nitrogen functional groups attached to an aromatic ring is 1. The Morgan fingerprint density at radius 2 is 2.38 bits per heavy atom. The van der Waals surface area contributed by atoms with E-state index in [1.54, 1.807) is 23.0 Å². The number of rotatable bonds is 4. The monoisotopic (exact) mass is 237 g/mol. The molecule has 6 nitrogen and oxygen atoms in total. The lowest BCUT2D eigenvalue weighted by molar-refractivity contribution is 0.415. The van der Waals surface area contributed by atoms with Crippen LogP contribution in [0.2, 0.25) is 0 Å². The van der Waals surface area contributed by atoms with Crippen molar-refractivity contribution in [3.63, 3.8) is 0 Å². The third-order valence-corrected chi connectivity index (χ3v) is 2.73. The van der Waals surface area contributed by atoms with Crippen molar-refractivity contribution in [1.82, 2.24) is 15.0 Å². The predicted molar refractivity (Wildman–Crippen MR) is 62.4 cm³/mol. The van der Waals surface area contributed by atoms with Gasteiger partial charge in [-0.15, -0.1) is 11.3 Å². The fourth-order valence-corrected chi connectivity index (χ4v) is 1.75. The van der Waals surface area contributed by atoms with Gasteiger partial charge in [0, 0.05) is 11.1 Å². The van der Waals surface area contributed by atoms with E-state index in [2.05, 4.69) is 20.3 Å². The van der Waals surface area contributed by atoms with Gasteiger partial charge in [-0.1, -0.05) is 0 Å². The van der Waals surface area contributed by atoms with Crippen LogP contribution in [0, 0.1) is 0 Å². The number of anilines is 2. The van der Waals surface area contributed by atoms with Gasteiger partial charge < -0.3 is 15.8 Å². The molecular weight excluding hydrogens is 226 g/mol. The number of methoxy groups -OCH3 is 1. The van der Waals surface area contributed by atoms with Crippen LogP contribution < -0.4 is 15.8 Å². The van der Waals surface area contributed by atoms with Crippen molar-refractivity contribution in [2.45, 2.75) is 6.54 Å². The van der Waals surface area contributed by atoms with Gasteiger partial charge in [0.2, 0.25) is 5.75 Å². The average molecular weight is 237 g/mol. The van der Waals surface area contributed by atoms with Crippen molar-refractivity contribution in [2.75, 3.05) is 18.2 Å². The predicted octanol–water partition coefficient (Wildman–Crippen LogP) is 1.14. The summed E-state index contributed by atoms with van der Waals surface area (Å²) in [5, 5.41) is 3.12. The molecule has 0 saturated carbocycles. The van der Waals surface area contributed by atoms with Gasteiger partial charge >= 0.3 is 0 Å². The Hall–Kier alpha value is -1.89. The van der Waals surface area contributed by atoms with Crippen molar-refractivity contribution in [1.29, 1.82) is 0 Å². The highest BCUT2D eigenvalue weighted by Gasteiger charge is 2.08. The van der Waals surface area contributed by atoms with E-state index in [-0.39, 0.29) is 0 Å². The van der Waals surface area contributed by atoms with Gasteiger partial charge in [-0.05, 0) is 0 Å². The summed E-state index contributed by atoms with van der Waals surface area (Å²) in [6.07, 6.45) is 3.20. The molecule has 0 radical (unpaired) electrons. The summed E-state index contributed by atoms with van der Waals surface area (Å²) in [5.41, 5.74) is 7.44. The Bertz CT molecular complexity index is 459. The number of nitrogens with two attached hydrogens (primary N) is 1. The Balaban J connectivity index is 2.12. The maximum absolute atomic E-state index is 5.65. The van der Waals surface area contributed by atoms with Crippen LogP contribution in [0.3, 0.4) is 0 Å². The van der Waals surface area contributed by atoms with Crippen LogP contribution in [0.15, 0.2) is 18.0 Å². The molecule has 7 heteroatoms. The molecule has 0 bridgehead atoms. The molecule has 0 unspecified atom stereocenters. The quantitative estimate of drug-likeness (QED) is 0.829. The van der Waals surface area contributed by atoms with Crippen molar-refractivity contribution < 1.29 is 4.74 Å². The summed E-state index contributed by atoms with van der Waals surface area (Å²) >= 11 is 1.57. The smallest absolute Gasteiger partial charge is 0.203 e. The van der Waals surface area contributed by atoms with E-state index in [1.165, 1.54) is 13.4 Å². The first kappa shape index (κ1) is 10.6. The van der Waals surface area contributed by atoms with Crippen LogP contribution >= 0.6 is 11.3 Å². The summed E-state index contributed by atoms with van der Waals surface area (Å²) in [6, 6.07) is 0. The van der Waals surface area contributed by atoms with Gasteiger partial charge in [0.1, 0.15) is 6.33 Å². The molecule has 0 spiro atoms. The van der Waals surface area contributed by atoms with Gasteiger partial charge in [0.25, 0.3) is 0 Å². The molecule has 84 valence electrons. The number of thiazole rings is 1. The minimum atomic E-state index is 0.323. The van der Waals surface area contributed by atoms with E-state index >= 15 is 0 Å². The number of nitrogens with one attached hydrogen (secondary N) is 1. The minimum Gasteiger partial charge on any atom is -0.490 e. The van der Waals surface area contributed by atoms with Gasteiger partial charge in [-0.25, -0.2) is 9.97 Å². The highest BCUT2D eigenvalue weighted by Crippen LogP contribution is 2.26. The molecular formula is C9H11N5OS. The SMILES string of the molecule is COc1c(N)ncnc1NCc1cncs1. The van der Waals surface area contributed by atoms with Crippen LogP contribution in [-0.4, -0.2) is 22.1 Å². The van der Waals surface area contributed by atoms with Gasteiger partial charge in [-0.3, -0.25) is 4.98 Å². The molecule has 2 heterocycles. The van der Waals surface area contributed by atoms with E-state index in [9.17, 15) is 0 Å². The summed E-state index contributed by atoms with van der Waals surface area (Å²) in [7, 11) is 1.53. The Morgan fingerprint density at radius 3 is 3.06 bits per heavy atom. The lowest BCUT2D eigenvalue weighted by atomic mass is 10.4. The van der Waals surface area contributed by atoms with E-state index in [1.807, 2.05) is 0 Å². The molecule has 0 amide bonds. The number of hydrogen-bond donors (Lipinski definition) is 2. The number of ether oxygens (including phenoxy) is 1. The molecule has 0 aliphatic rings. The second kappa shape index (κ2) is 4.75. The molecule has 0 aromatic carbocycles. The van der Waals surface area contributed by atoms with Crippen LogP contribution in [0.4, 0.5) is 11.6 Å². The first-order valence-corrected chi connectivity index (χ1v) is 5.45. The average Bonchev–Trinajstić information content (AvgIpc) is 2.79. The molecule has 2 aromatic rings. The molecule has 2 rings (SSSR count). The van der Waals surface area contributed by atoms with E-state index in [4.69, 9.17) is 10.5 Å². The lowest BCUT2D eigenvalue weighted by Crippen LogP contribution is -2.05. The Kier molecular flexibility index (Phi) is 3.16. The largest absolute Gasteiger partial charge is 0.490 e. The van der Waals surface area contributed by atoms with Crippen LogP contribution in [0.1, 0.15) is 4.88 Å². The van der Waals surface area contributed by atoms with Crippen molar-refractivity contribution in [3.8, 4) is 5.75 Å². The summed E-state index contributed by atoms with van der Waals surface area (Å²) in [5.74, 6) is 1.37. The molecule has 3 N–H and O–H groups in total. The van der Waals surface area contributed by atoms with Gasteiger partial charge in [-0.2, -0.15) is 0 Å². The zero-order valence-corrected chi connectivity index (χ0v) is 9.49. The lowest BCUT2D eigenvalue weighted by Gasteiger charge is -2.09. The number of aromatic nitrogens is 3. The maximum Gasteiger partial charge on any atom is 0.203 e. The second-order valence-electron chi connectivity index (χ2n) is 2.96. The van der Waals surface area contributed by atoms with Crippen LogP contribution in [0.25, 0.3) is 0 Å². The molecule has 0 saturated heterocycles. The van der Waals surface area contributed by atoms with Crippen LogP contribution in [0.5, 0.6) is 5.75 Å². The Labute approximate surface area is 96.5 Å². The third-order valence-electron chi connectivity index (χ3n) is 1.95. The number of nitrogens with zero attached hydrogens (tertiary/aromatic N) is 3. The van der Waals surface area contributed by atoms with E-state index in [0.717, 1.165) is 4.88 Å². The highest BCUT2D eigenvalue weighted by molar-refractivity contribution is 7.09. The van der Waals surface area contributed by atoms with Gasteiger partial charge in [0.15, 0.2) is 11.6 Å². The summed E-state index contributed by atoms with van der Waals surface area (Å²) in [6.45, 7) is 0.636. The molecule has 2 aromatic heterocycles. The van der Waals surface area contributed by atoms with Gasteiger partial charge in [0.05, 0.1) is 19.2 Å². The maximum atomic E-state index is 5.65. The standard InChI is InChI=1S/C9H11N5OS/c1-15-7-8(10)13-4-14-9(7)12-3-6-2-11-5-16-6/h2,4-5H,3H2,1H3,(H3,10,12,13,14). The van der Waals surface area contributed by atoms with Crippen molar-refractivity contribution >= 4 is 23.0 Å². The molecule has 0 aliphatic heterocycles. The first-order valence-electron chi connectivity index (χ1n) is 4.57. The van der Waals surface area contributed by atoms with E-state index in [0.29, 0.717) is 23.9 Å². The second-order valence-corrected chi connectivity index (χ2v) is 3.93. The van der Waals surface area contributed by atoms with Crippen molar-refractivity contribution in [3.05, 3.63) is 22.9 Å². The fraction of sp³-hybridized carbons (Fsp3) is 0.222. The summed E-state index contributed by atoms with van der Waals surface area (Å²) < 4.78 is 5.12. The summed E-state index contributed by atoms with van der Waals surface area (Å²) in [4.78, 5) is 13.0. The Morgan fingerprint density at radius 1 is 1.50 bits per heavy atom. The molecule has 0 fully saturated rings. The normalized spacial score (nSPS) is 10.1. The topological polar surface area (TPSA) is 86.0 Å². The zero-order chi connectivity index (χ0) is 11.4. The zero-order valence-electron chi connectivity index (χ0n) is 8.67. The fourth-order valence-electron chi connectivity index (χ4n) is 1.21. The highest BCUT2D eigenvalue weighted by atomic mass is 32.1. The number of hydrogen-bond acceptors (Lipinski definition) is 7. The molecule has 0 atom stereocenters. The first-order chi connectivity index (χ1) is 7.81. The van der Waals surface area contributed by atoms with Crippen molar-refractivity contribution in [2.24, 2.45) is 0 Å². The van der Waals surface area contributed by atoms with Crippen LogP contribution in [-0.2, 0) is 6.54 Å². The van der Waals surface area contributed by atoms with E-state index < -0.39 is 0 Å². The third kappa shape index (κ3) is 2.19. The minimum absolute atomic E-state index is 0.323. The molecule has 16 heavy (non-hydrogen) atoms. The molecule has 0 aliphatic carbocycles.